The van der Waals surface area contributed by atoms with Crippen molar-refractivity contribution in [3.63, 3.8) is 0 Å². The number of hydrogen-bond acceptors (Lipinski definition) is 7. The molecule has 2 aromatic heterocycles. The molecule has 290 valence electrons. The summed E-state index contributed by atoms with van der Waals surface area (Å²) < 4.78 is 0. The fourth-order valence-electron chi connectivity index (χ4n) is 7.59. The van der Waals surface area contributed by atoms with Crippen LogP contribution in [0.4, 0.5) is 0 Å². The minimum absolute atomic E-state index is 0.563. The Morgan fingerprint density at radius 3 is 0.935 bits per heavy atom. The van der Waals surface area contributed by atoms with Gasteiger partial charge in [-0.1, -0.05) is 188 Å². The first-order valence-corrected chi connectivity index (χ1v) is 20.3. The Balaban J connectivity index is 1.08. The van der Waals surface area contributed by atoms with Crippen LogP contribution in [0.5, 0.6) is 0 Å². The molecule has 0 saturated carbocycles. The second-order valence-electron chi connectivity index (χ2n) is 14.7. The zero-order chi connectivity index (χ0) is 41.7. The highest BCUT2D eigenvalue weighted by Crippen LogP contribution is 2.40. The summed E-state index contributed by atoms with van der Waals surface area (Å²) in [4.78, 5) is 29.8. The number of aromatic nitrogens is 6. The lowest BCUT2D eigenvalue weighted by Crippen LogP contribution is -2.00. The predicted octanol–water partition coefficient (Wildman–Crippen LogP) is 12.9. The summed E-state index contributed by atoms with van der Waals surface area (Å²) in [6.07, 6.45) is 0. The summed E-state index contributed by atoms with van der Waals surface area (Å²) in [6, 6.07) is 73.0. The maximum atomic E-state index is 10.2. The molecule has 0 saturated heterocycles. The maximum absolute atomic E-state index is 10.2. The van der Waals surface area contributed by atoms with Gasteiger partial charge in [-0.05, 0) is 57.6 Å². The first kappa shape index (κ1) is 37.5. The number of rotatable bonds is 9. The van der Waals surface area contributed by atoms with Gasteiger partial charge in [-0.25, -0.2) is 29.9 Å². The highest BCUT2D eigenvalue weighted by Gasteiger charge is 2.18. The van der Waals surface area contributed by atoms with Crippen molar-refractivity contribution in [3.05, 3.63) is 218 Å². The van der Waals surface area contributed by atoms with Crippen LogP contribution in [-0.4, -0.2) is 29.9 Å². The Hall–Kier alpha value is -8.73. The topological polar surface area (TPSA) is 101 Å². The lowest BCUT2D eigenvalue weighted by atomic mass is 9.87. The van der Waals surface area contributed by atoms with E-state index in [-0.39, 0.29) is 0 Å². The van der Waals surface area contributed by atoms with Crippen LogP contribution in [0.15, 0.2) is 212 Å². The molecule has 0 aliphatic rings. The molecule has 0 unspecified atom stereocenters. The Kier molecular flexibility index (Phi) is 10.2. The lowest BCUT2D eigenvalue weighted by Gasteiger charge is -2.16. The summed E-state index contributed by atoms with van der Waals surface area (Å²) >= 11 is 0. The molecule has 0 fully saturated rings. The Labute approximate surface area is 359 Å². The third-order valence-electron chi connectivity index (χ3n) is 10.6. The lowest BCUT2D eigenvalue weighted by molar-refractivity contribution is 1.07. The molecule has 0 amide bonds. The van der Waals surface area contributed by atoms with Crippen LogP contribution < -0.4 is 0 Å². The van der Waals surface area contributed by atoms with Gasteiger partial charge < -0.3 is 0 Å². The van der Waals surface area contributed by atoms with Crippen LogP contribution in [0.1, 0.15) is 5.56 Å². The summed E-state index contributed by atoms with van der Waals surface area (Å²) in [7, 11) is 0. The van der Waals surface area contributed by atoms with Crippen molar-refractivity contribution in [3.8, 4) is 108 Å². The van der Waals surface area contributed by atoms with Crippen LogP contribution in [-0.2, 0) is 0 Å². The number of nitriles is 1. The Bertz CT molecular complexity index is 3120. The Morgan fingerprint density at radius 1 is 0.242 bits per heavy atom. The second-order valence-corrected chi connectivity index (χ2v) is 14.7. The highest BCUT2D eigenvalue weighted by atomic mass is 15.0. The van der Waals surface area contributed by atoms with E-state index in [1.165, 1.54) is 0 Å². The SMILES string of the molecule is N#Cc1ccc(-c2cccc(-c3nc(-c4ccccc4)nc(-c4ccccc4)n3)c2)c(-c2ccccc2-c2cccc(-c3nc(-c4ccccc4)nc(-c4ccccc4)n3)c2)c1. The number of benzene rings is 8. The minimum Gasteiger partial charge on any atom is -0.208 e. The normalized spacial score (nSPS) is 10.9. The van der Waals surface area contributed by atoms with Crippen LogP contribution in [0.3, 0.4) is 0 Å². The molecule has 0 radical (unpaired) electrons. The van der Waals surface area contributed by atoms with E-state index in [4.69, 9.17) is 29.9 Å². The van der Waals surface area contributed by atoms with Gasteiger partial charge >= 0.3 is 0 Å². The summed E-state index contributed by atoms with van der Waals surface area (Å²) in [5, 5.41) is 10.2. The summed E-state index contributed by atoms with van der Waals surface area (Å²) in [6.45, 7) is 0. The molecule has 0 spiro atoms. The predicted molar refractivity (Wildman–Crippen MR) is 247 cm³/mol. The van der Waals surface area contributed by atoms with Crippen LogP contribution in [0.2, 0.25) is 0 Å². The molecule has 0 atom stereocenters. The molecule has 7 heteroatoms. The van der Waals surface area contributed by atoms with Crippen molar-refractivity contribution in [1.82, 2.24) is 29.9 Å². The van der Waals surface area contributed by atoms with E-state index in [9.17, 15) is 5.26 Å². The van der Waals surface area contributed by atoms with Gasteiger partial charge in [0.15, 0.2) is 34.9 Å². The number of hydrogen-bond donors (Lipinski definition) is 0. The van der Waals surface area contributed by atoms with Gasteiger partial charge in [-0.3, -0.25) is 0 Å². The molecule has 2 heterocycles. The molecule has 0 aliphatic heterocycles. The minimum atomic E-state index is 0.563. The van der Waals surface area contributed by atoms with E-state index in [0.717, 1.165) is 66.8 Å². The molecule has 0 bridgehead atoms. The van der Waals surface area contributed by atoms with Crippen LogP contribution in [0, 0.1) is 11.3 Å². The van der Waals surface area contributed by atoms with Crippen LogP contribution >= 0.6 is 0 Å². The smallest absolute Gasteiger partial charge is 0.164 e. The van der Waals surface area contributed by atoms with E-state index < -0.39 is 0 Å². The molecular weight excluding hydrogens is 759 g/mol. The van der Waals surface area contributed by atoms with Gasteiger partial charge in [0.2, 0.25) is 0 Å². The van der Waals surface area contributed by atoms with E-state index >= 15 is 0 Å². The van der Waals surface area contributed by atoms with E-state index in [0.29, 0.717) is 40.5 Å². The molecule has 10 rings (SSSR count). The van der Waals surface area contributed by atoms with Gasteiger partial charge in [-0.2, -0.15) is 5.26 Å². The first-order valence-electron chi connectivity index (χ1n) is 20.3. The van der Waals surface area contributed by atoms with Crippen molar-refractivity contribution >= 4 is 0 Å². The molecular formula is C55H35N7. The van der Waals surface area contributed by atoms with Crippen molar-refractivity contribution < 1.29 is 0 Å². The fraction of sp³-hybridized carbons (Fsp3) is 0. The van der Waals surface area contributed by atoms with Crippen molar-refractivity contribution in [2.75, 3.05) is 0 Å². The molecule has 62 heavy (non-hydrogen) atoms. The standard InChI is InChI=1S/C55H35N7/c56-36-37-31-32-47(43-26-16-28-45(35-43)55-61-52(40-21-9-3-10-22-40)58-53(62-55)41-23-11-4-12-24-41)49(33-37)48-30-14-13-29-46(48)42-25-15-27-44(34-42)54-59-50(38-17-5-1-6-18-38)57-51(60-54)39-19-7-2-8-20-39/h1-35H. The van der Waals surface area contributed by atoms with Gasteiger partial charge in [0.1, 0.15) is 0 Å². The summed E-state index contributed by atoms with van der Waals surface area (Å²) in [5.74, 6) is 3.54. The van der Waals surface area contributed by atoms with Gasteiger partial charge in [0.25, 0.3) is 0 Å². The van der Waals surface area contributed by atoms with Gasteiger partial charge in [0.05, 0.1) is 11.6 Å². The van der Waals surface area contributed by atoms with Crippen molar-refractivity contribution in [1.29, 1.82) is 5.26 Å². The maximum Gasteiger partial charge on any atom is 0.164 e. The molecule has 10 aromatic rings. The quantitative estimate of drug-likeness (QED) is 0.143. The Morgan fingerprint density at radius 2 is 0.548 bits per heavy atom. The monoisotopic (exact) mass is 793 g/mol. The first-order chi connectivity index (χ1) is 30.7. The number of nitrogens with zero attached hydrogens (tertiary/aromatic N) is 7. The van der Waals surface area contributed by atoms with Gasteiger partial charge in [0, 0.05) is 33.4 Å². The average Bonchev–Trinajstić information content (AvgIpc) is 3.37. The van der Waals surface area contributed by atoms with E-state index in [1.54, 1.807) is 0 Å². The van der Waals surface area contributed by atoms with E-state index in [2.05, 4.69) is 42.5 Å². The average molecular weight is 794 g/mol. The molecule has 0 N–H and O–H groups in total. The van der Waals surface area contributed by atoms with Crippen LogP contribution in [0.25, 0.3) is 102 Å². The fourth-order valence-corrected chi connectivity index (χ4v) is 7.59. The molecule has 8 aromatic carbocycles. The zero-order valence-corrected chi connectivity index (χ0v) is 33.3. The highest BCUT2D eigenvalue weighted by molar-refractivity contribution is 5.93. The molecule has 7 nitrogen and oxygen atoms in total. The molecule has 0 aliphatic carbocycles. The second kappa shape index (κ2) is 16.9. The van der Waals surface area contributed by atoms with Gasteiger partial charge in [-0.15, -0.1) is 0 Å². The third-order valence-corrected chi connectivity index (χ3v) is 10.6. The summed E-state index contributed by atoms with van der Waals surface area (Å²) in [5.41, 5.74) is 11.7. The largest absolute Gasteiger partial charge is 0.208 e. The zero-order valence-electron chi connectivity index (χ0n) is 33.3. The third kappa shape index (κ3) is 7.75. The van der Waals surface area contributed by atoms with Crippen molar-refractivity contribution in [2.24, 2.45) is 0 Å². The van der Waals surface area contributed by atoms with E-state index in [1.807, 2.05) is 176 Å². The van der Waals surface area contributed by atoms with Crippen molar-refractivity contribution in [2.45, 2.75) is 0 Å².